The summed E-state index contributed by atoms with van der Waals surface area (Å²) in [5.74, 6) is 1.70. The molecular weight excluding hydrogens is 336 g/mol. The minimum atomic E-state index is -1.84. The predicted molar refractivity (Wildman–Crippen MR) is 109 cm³/mol. The molecular formula is C23H24O2Si. The fourth-order valence-electron chi connectivity index (χ4n) is 3.91. The highest BCUT2D eigenvalue weighted by molar-refractivity contribution is 6.91. The third-order valence-corrected chi connectivity index (χ3v) is 9.31. The summed E-state index contributed by atoms with van der Waals surface area (Å²) in [6.07, 6.45) is 0. The van der Waals surface area contributed by atoms with Crippen molar-refractivity contribution in [3.8, 4) is 11.5 Å². The van der Waals surface area contributed by atoms with E-state index in [9.17, 15) is 0 Å². The van der Waals surface area contributed by atoms with Gasteiger partial charge in [-0.3, -0.25) is 0 Å². The fourth-order valence-corrected chi connectivity index (χ4v) is 7.34. The Balaban J connectivity index is 1.86. The van der Waals surface area contributed by atoms with Crippen LogP contribution in [0, 0.1) is 6.92 Å². The molecule has 3 heteroatoms. The van der Waals surface area contributed by atoms with Crippen molar-refractivity contribution in [2.45, 2.75) is 25.6 Å². The molecule has 0 amide bonds. The maximum absolute atomic E-state index is 5.66. The van der Waals surface area contributed by atoms with Crippen LogP contribution in [0.25, 0.3) is 0 Å². The van der Waals surface area contributed by atoms with E-state index in [0.717, 1.165) is 11.5 Å². The van der Waals surface area contributed by atoms with Crippen molar-refractivity contribution in [1.82, 2.24) is 0 Å². The average molecular weight is 361 g/mol. The average Bonchev–Trinajstić information content (AvgIpc) is 3.12. The molecule has 2 nitrogen and oxygen atoms in total. The molecule has 1 aliphatic heterocycles. The number of rotatable bonds is 4. The molecule has 1 aliphatic rings. The second-order valence-electron chi connectivity index (χ2n) is 7.54. The lowest BCUT2D eigenvalue weighted by molar-refractivity contribution is 0.174. The van der Waals surface area contributed by atoms with Crippen LogP contribution < -0.4 is 14.7 Å². The molecule has 0 saturated carbocycles. The fraction of sp³-hybridized carbons (Fsp3) is 0.217. The minimum Gasteiger partial charge on any atom is -0.454 e. The van der Waals surface area contributed by atoms with Crippen molar-refractivity contribution in [2.24, 2.45) is 0 Å². The van der Waals surface area contributed by atoms with Gasteiger partial charge in [0.25, 0.3) is 0 Å². The Bertz CT molecular complexity index is 901. The summed E-state index contributed by atoms with van der Waals surface area (Å²) in [6, 6.07) is 26.4. The van der Waals surface area contributed by atoms with Crippen LogP contribution in [0.2, 0.25) is 13.1 Å². The van der Waals surface area contributed by atoms with Gasteiger partial charge in [0, 0.05) is 5.54 Å². The van der Waals surface area contributed by atoms with Crippen LogP contribution >= 0.6 is 0 Å². The molecule has 3 aromatic carbocycles. The second kappa shape index (κ2) is 6.65. The number of hydrogen-bond acceptors (Lipinski definition) is 2. The van der Waals surface area contributed by atoms with E-state index in [1.54, 1.807) is 0 Å². The lowest BCUT2D eigenvalue weighted by Gasteiger charge is -2.34. The quantitative estimate of drug-likeness (QED) is 0.609. The minimum absolute atomic E-state index is 0.313. The van der Waals surface area contributed by atoms with Crippen LogP contribution in [0.3, 0.4) is 0 Å². The lowest BCUT2D eigenvalue weighted by atomic mass is 10.0. The molecule has 0 saturated heterocycles. The lowest BCUT2D eigenvalue weighted by Crippen LogP contribution is -2.48. The first-order chi connectivity index (χ1) is 12.6. The van der Waals surface area contributed by atoms with Gasteiger partial charge in [0.1, 0.15) is 0 Å². The van der Waals surface area contributed by atoms with Crippen LogP contribution in [0.5, 0.6) is 11.5 Å². The zero-order valence-corrected chi connectivity index (χ0v) is 16.5. The molecule has 0 N–H and O–H groups in total. The maximum Gasteiger partial charge on any atom is 0.231 e. The molecule has 3 aromatic rings. The monoisotopic (exact) mass is 360 g/mol. The first-order valence-electron chi connectivity index (χ1n) is 9.07. The van der Waals surface area contributed by atoms with Crippen molar-refractivity contribution < 1.29 is 9.47 Å². The van der Waals surface area contributed by atoms with Gasteiger partial charge in [-0.25, -0.2) is 0 Å². The summed E-state index contributed by atoms with van der Waals surface area (Å²) in [5.41, 5.74) is 4.31. The molecule has 0 radical (unpaired) electrons. The molecule has 0 unspecified atom stereocenters. The number of ether oxygens (including phenoxy) is 2. The van der Waals surface area contributed by atoms with Gasteiger partial charge in [-0.15, -0.1) is 0 Å². The Morgan fingerprint density at radius 2 is 1.42 bits per heavy atom. The first kappa shape index (κ1) is 16.9. The Morgan fingerprint density at radius 1 is 0.769 bits per heavy atom. The molecule has 1 atom stereocenters. The third kappa shape index (κ3) is 3.03. The molecule has 0 bridgehead atoms. The summed E-state index contributed by atoms with van der Waals surface area (Å²) in [6.45, 7) is 7.36. The van der Waals surface area contributed by atoms with E-state index >= 15 is 0 Å². The van der Waals surface area contributed by atoms with Crippen molar-refractivity contribution in [3.05, 3.63) is 89.5 Å². The summed E-state index contributed by atoms with van der Waals surface area (Å²) in [5, 5.41) is 1.46. The van der Waals surface area contributed by atoms with E-state index in [1.165, 1.54) is 21.9 Å². The van der Waals surface area contributed by atoms with E-state index in [0.29, 0.717) is 12.3 Å². The van der Waals surface area contributed by atoms with Gasteiger partial charge in [0.05, 0.1) is 8.07 Å². The van der Waals surface area contributed by atoms with Crippen LogP contribution in [0.15, 0.2) is 72.8 Å². The van der Waals surface area contributed by atoms with Crippen LogP contribution in [-0.2, 0) is 0 Å². The standard InChI is InChI=1S/C23H24O2Si/c1-17-9-11-18(12-10-17)23(26(2,3)20-7-5-4-6-8-20)19-13-14-21-22(15-19)25-16-24-21/h4-15,23H,16H2,1-3H3/t23-/m0/s1. The Morgan fingerprint density at radius 3 is 2.15 bits per heavy atom. The highest BCUT2D eigenvalue weighted by Gasteiger charge is 2.36. The van der Waals surface area contributed by atoms with Crippen LogP contribution in [0.1, 0.15) is 22.2 Å². The van der Waals surface area contributed by atoms with Crippen molar-refractivity contribution >= 4 is 13.3 Å². The van der Waals surface area contributed by atoms with Crippen LogP contribution in [-0.4, -0.2) is 14.9 Å². The van der Waals surface area contributed by atoms with E-state index < -0.39 is 8.07 Å². The van der Waals surface area contributed by atoms with Gasteiger partial charge in [-0.05, 0) is 30.2 Å². The molecule has 26 heavy (non-hydrogen) atoms. The highest BCUT2D eigenvalue weighted by Crippen LogP contribution is 2.40. The highest BCUT2D eigenvalue weighted by atomic mass is 28.3. The van der Waals surface area contributed by atoms with Gasteiger partial charge in [0.2, 0.25) is 6.79 Å². The molecule has 0 spiro atoms. The number of benzene rings is 3. The predicted octanol–water partition coefficient (Wildman–Crippen LogP) is 5.01. The molecule has 0 aliphatic carbocycles. The van der Waals surface area contributed by atoms with Gasteiger partial charge in [-0.1, -0.05) is 84.5 Å². The maximum atomic E-state index is 5.66. The number of fused-ring (bicyclic) bond motifs is 1. The van der Waals surface area contributed by atoms with Gasteiger partial charge in [0.15, 0.2) is 11.5 Å². The summed E-state index contributed by atoms with van der Waals surface area (Å²) in [4.78, 5) is 0. The van der Waals surface area contributed by atoms with Gasteiger partial charge >= 0.3 is 0 Å². The second-order valence-corrected chi connectivity index (χ2v) is 12.1. The van der Waals surface area contributed by atoms with E-state index in [1.807, 2.05) is 6.07 Å². The Labute approximate surface area is 156 Å². The smallest absolute Gasteiger partial charge is 0.231 e. The summed E-state index contributed by atoms with van der Waals surface area (Å²) >= 11 is 0. The topological polar surface area (TPSA) is 18.5 Å². The zero-order chi connectivity index (χ0) is 18.1. The Kier molecular flexibility index (Phi) is 4.33. The summed E-state index contributed by atoms with van der Waals surface area (Å²) < 4.78 is 11.2. The molecule has 1 heterocycles. The molecule has 0 fully saturated rings. The summed E-state index contributed by atoms with van der Waals surface area (Å²) in [7, 11) is -1.84. The van der Waals surface area contributed by atoms with Crippen molar-refractivity contribution in [1.29, 1.82) is 0 Å². The van der Waals surface area contributed by atoms with Crippen molar-refractivity contribution in [3.63, 3.8) is 0 Å². The SMILES string of the molecule is Cc1ccc([C@@H](c2ccc3c(c2)OCO3)[Si](C)(C)c2ccccc2)cc1. The van der Waals surface area contributed by atoms with E-state index in [2.05, 4.69) is 86.7 Å². The number of hydrogen-bond donors (Lipinski definition) is 0. The Hall–Kier alpha value is -2.52. The normalized spacial score (nSPS) is 14.3. The zero-order valence-electron chi connectivity index (χ0n) is 15.5. The van der Waals surface area contributed by atoms with Crippen LogP contribution in [0.4, 0.5) is 0 Å². The van der Waals surface area contributed by atoms with E-state index in [4.69, 9.17) is 9.47 Å². The third-order valence-electron chi connectivity index (χ3n) is 5.38. The number of aryl methyl sites for hydroxylation is 1. The van der Waals surface area contributed by atoms with Gasteiger partial charge < -0.3 is 9.47 Å². The first-order valence-corrected chi connectivity index (χ1v) is 12.1. The van der Waals surface area contributed by atoms with Gasteiger partial charge in [-0.2, -0.15) is 0 Å². The molecule has 132 valence electrons. The van der Waals surface area contributed by atoms with E-state index in [-0.39, 0.29) is 0 Å². The largest absolute Gasteiger partial charge is 0.454 e. The molecule has 4 rings (SSSR count). The molecule has 0 aromatic heterocycles. The van der Waals surface area contributed by atoms with Crippen molar-refractivity contribution in [2.75, 3.05) is 6.79 Å².